The number of hydrogen-bond donors (Lipinski definition) is 2. The summed E-state index contributed by atoms with van der Waals surface area (Å²) < 4.78 is 37.0. The van der Waals surface area contributed by atoms with Gasteiger partial charge in [-0.25, -0.2) is 4.72 Å². The molecule has 1 aromatic heterocycles. The minimum Gasteiger partial charge on any atom is -0.496 e. The third-order valence-corrected chi connectivity index (χ3v) is 13.0. The quantitative estimate of drug-likeness (QED) is 0.483. The summed E-state index contributed by atoms with van der Waals surface area (Å²) in [6, 6.07) is 6.87. The lowest BCUT2D eigenvalue weighted by atomic mass is 9.76. The Labute approximate surface area is 277 Å². The van der Waals surface area contributed by atoms with Gasteiger partial charge in [-0.1, -0.05) is 37.5 Å². The molecule has 47 heavy (non-hydrogen) atoms. The van der Waals surface area contributed by atoms with Crippen molar-refractivity contribution < 1.29 is 22.7 Å². The standard InChI is InChI=1S/C36H45N5O5S/c1-39(2)47(44,45)38-35(42)33-27-19-41-29(17-26-30(46-3)15-14-23(34(26)41)21-9-5-4-6-10-21)31-24(32(27)33)12-7-13-25(31)36(43)40-18-22-11-8-16-37-28(22)20-40/h7,12,14-15,17,21-22,25,28,31,37H,4-6,8-11,13,16,18-20H2,1-3H3,(H,38,42)/t22?,25-,28?,31?/m1/s1. The zero-order valence-electron chi connectivity index (χ0n) is 27.5. The highest BCUT2D eigenvalue weighted by molar-refractivity contribution is 7.87. The van der Waals surface area contributed by atoms with E-state index in [9.17, 15) is 18.0 Å². The van der Waals surface area contributed by atoms with E-state index >= 15 is 0 Å². The molecule has 2 N–H and O–H groups in total. The summed E-state index contributed by atoms with van der Waals surface area (Å²) in [6.45, 7) is 2.95. The molecule has 3 fully saturated rings. The van der Waals surface area contributed by atoms with Crippen molar-refractivity contribution in [2.24, 2.45) is 11.8 Å². The van der Waals surface area contributed by atoms with Crippen molar-refractivity contribution in [2.45, 2.75) is 75.8 Å². The van der Waals surface area contributed by atoms with Crippen LogP contribution in [0.3, 0.4) is 0 Å². The van der Waals surface area contributed by atoms with Crippen LogP contribution in [0.15, 0.2) is 52.6 Å². The molecule has 0 radical (unpaired) electrons. The van der Waals surface area contributed by atoms with E-state index in [0.717, 1.165) is 88.7 Å². The lowest BCUT2D eigenvalue weighted by Crippen LogP contribution is -2.42. The fourth-order valence-electron chi connectivity index (χ4n) is 9.23. The molecule has 0 bridgehead atoms. The average molecular weight is 660 g/mol. The second kappa shape index (κ2) is 11.6. The normalized spacial score (nSPS) is 27.4. The number of benzene rings is 1. The van der Waals surface area contributed by atoms with Crippen LogP contribution in [-0.2, 0) is 26.3 Å². The summed E-state index contributed by atoms with van der Waals surface area (Å²) in [7, 11) is 0.531. The van der Waals surface area contributed by atoms with Crippen LogP contribution in [0.1, 0.15) is 74.5 Å². The summed E-state index contributed by atoms with van der Waals surface area (Å²) in [6.07, 6.45) is 13.0. The Morgan fingerprint density at radius 1 is 1.06 bits per heavy atom. The number of carbonyl (C=O) groups excluding carboxylic acids is 2. The van der Waals surface area contributed by atoms with E-state index in [-0.39, 0.29) is 17.7 Å². The molecule has 10 nitrogen and oxygen atoms in total. The van der Waals surface area contributed by atoms with Gasteiger partial charge in [0.05, 0.1) is 24.1 Å². The Kier molecular flexibility index (Phi) is 7.64. The average Bonchev–Trinajstić information content (AvgIpc) is 3.46. The van der Waals surface area contributed by atoms with Gasteiger partial charge in [0.15, 0.2) is 0 Å². The monoisotopic (exact) mass is 659 g/mol. The highest BCUT2D eigenvalue weighted by Crippen LogP contribution is 2.55. The lowest BCUT2D eigenvalue weighted by Gasteiger charge is -2.33. The van der Waals surface area contributed by atoms with E-state index in [1.54, 1.807) is 7.11 Å². The van der Waals surface area contributed by atoms with Crippen LogP contribution >= 0.6 is 0 Å². The second-order valence-electron chi connectivity index (χ2n) is 14.4. The summed E-state index contributed by atoms with van der Waals surface area (Å²) in [5.41, 5.74) is 6.50. The summed E-state index contributed by atoms with van der Waals surface area (Å²) in [5.74, 6) is 0.656. The van der Waals surface area contributed by atoms with Crippen molar-refractivity contribution in [1.82, 2.24) is 23.8 Å². The first-order chi connectivity index (χ1) is 22.7. The molecule has 3 aliphatic carbocycles. The molecular weight excluding hydrogens is 614 g/mol. The third-order valence-electron chi connectivity index (χ3n) is 11.6. The Morgan fingerprint density at radius 2 is 1.87 bits per heavy atom. The molecule has 2 aromatic rings. The Balaban J connectivity index is 1.28. The number of piperidine rings is 1. The van der Waals surface area contributed by atoms with Gasteiger partial charge in [0.25, 0.3) is 5.91 Å². The molecular formula is C36H45N5O5S. The number of aromatic nitrogens is 1. The van der Waals surface area contributed by atoms with Crippen LogP contribution < -0.4 is 14.8 Å². The van der Waals surface area contributed by atoms with Crippen molar-refractivity contribution in [2.75, 3.05) is 40.8 Å². The number of fused-ring (bicyclic) bond motifs is 7. The van der Waals surface area contributed by atoms with Crippen molar-refractivity contribution in [3.63, 3.8) is 0 Å². The van der Waals surface area contributed by atoms with Gasteiger partial charge in [0, 0.05) is 56.8 Å². The molecule has 8 rings (SSSR count). The number of methoxy groups -OCH3 is 1. The second-order valence-corrected chi connectivity index (χ2v) is 16.3. The maximum absolute atomic E-state index is 14.6. The largest absolute Gasteiger partial charge is 0.496 e. The van der Waals surface area contributed by atoms with Crippen LogP contribution in [-0.4, -0.2) is 80.9 Å². The summed E-state index contributed by atoms with van der Waals surface area (Å²) >= 11 is 0. The molecule has 4 heterocycles. The first-order valence-electron chi connectivity index (χ1n) is 17.3. The molecule has 1 aromatic carbocycles. The van der Waals surface area contributed by atoms with E-state index < -0.39 is 16.1 Å². The molecule has 4 atom stereocenters. The zero-order valence-corrected chi connectivity index (χ0v) is 28.4. The number of carbonyl (C=O) groups is 2. The predicted octanol–water partition coefficient (Wildman–Crippen LogP) is 4.11. The number of allylic oxidation sites excluding steroid dienone is 4. The van der Waals surface area contributed by atoms with Gasteiger partial charge in [-0.15, -0.1) is 0 Å². The van der Waals surface area contributed by atoms with Crippen LogP contribution in [0.25, 0.3) is 10.9 Å². The highest BCUT2D eigenvalue weighted by Gasteiger charge is 2.49. The van der Waals surface area contributed by atoms with E-state index in [1.807, 2.05) is 0 Å². The van der Waals surface area contributed by atoms with Crippen molar-refractivity contribution in [1.29, 1.82) is 0 Å². The molecule has 6 aliphatic rings. The Morgan fingerprint density at radius 3 is 2.62 bits per heavy atom. The fraction of sp³-hybridized carbons (Fsp3) is 0.556. The molecule has 3 unspecified atom stereocenters. The molecule has 1 saturated carbocycles. The molecule has 0 spiro atoms. The first kappa shape index (κ1) is 30.9. The summed E-state index contributed by atoms with van der Waals surface area (Å²) in [4.78, 5) is 30.3. The minimum atomic E-state index is -3.98. The van der Waals surface area contributed by atoms with E-state index in [1.165, 1.54) is 38.9 Å². The number of nitrogens with one attached hydrogen (secondary N) is 2. The molecule has 11 heteroatoms. The van der Waals surface area contributed by atoms with Crippen molar-refractivity contribution >= 4 is 32.9 Å². The summed E-state index contributed by atoms with van der Waals surface area (Å²) in [5, 5.41) is 4.67. The Hall–Kier alpha value is -3.41. The van der Waals surface area contributed by atoms with Crippen LogP contribution in [0, 0.1) is 11.8 Å². The third kappa shape index (κ3) is 5.07. The number of nitrogens with zero attached hydrogens (tertiary/aromatic N) is 3. The molecule has 250 valence electrons. The first-order valence-corrected chi connectivity index (χ1v) is 18.7. The number of amides is 2. The van der Waals surface area contributed by atoms with E-state index in [4.69, 9.17) is 4.74 Å². The number of rotatable bonds is 6. The van der Waals surface area contributed by atoms with Gasteiger partial charge in [-0.2, -0.15) is 12.7 Å². The van der Waals surface area contributed by atoms with Gasteiger partial charge in [-0.3, -0.25) is 9.59 Å². The number of ether oxygens (including phenoxy) is 1. The zero-order chi connectivity index (χ0) is 32.6. The maximum atomic E-state index is 14.6. The predicted molar refractivity (Wildman–Crippen MR) is 180 cm³/mol. The van der Waals surface area contributed by atoms with Gasteiger partial charge in [0.2, 0.25) is 5.91 Å². The molecule has 2 saturated heterocycles. The molecule has 2 amide bonds. The maximum Gasteiger partial charge on any atom is 0.303 e. The topological polar surface area (TPSA) is 113 Å². The minimum absolute atomic E-state index is 0.162. The Bertz CT molecular complexity index is 1850. The van der Waals surface area contributed by atoms with Crippen LogP contribution in [0.2, 0.25) is 0 Å². The molecule has 3 aliphatic heterocycles. The lowest BCUT2D eigenvalue weighted by molar-refractivity contribution is -0.135. The number of hydrogen-bond acceptors (Lipinski definition) is 6. The smallest absolute Gasteiger partial charge is 0.303 e. The van der Waals surface area contributed by atoms with Crippen LogP contribution in [0.4, 0.5) is 0 Å². The van der Waals surface area contributed by atoms with Gasteiger partial charge in [-0.05, 0) is 84.9 Å². The van der Waals surface area contributed by atoms with E-state index in [2.05, 4.69) is 49.9 Å². The van der Waals surface area contributed by atoms with Crippen LogP contribution in [0.5, 0.6) is 5.75 Å². The fourth-order valence-corrected chi connectivity index (χ4v) is 9.75. The highest BCUT2D eigenvalue weighted by atomic mass is 32.2. The van der Waals surface area contributed by atoms with Crippen molar-refractivity contribution in [3.05, 3.63) is 63.9 Å². The van der Waals surface area contributed by atoms with Gasteiger partial charge in [0.1, 0.15) is 5.75 Å². The number of likely N-dealkylation sites (tertiary alicyclic amines) is 1. The van der Waals surface area contributed by atoms with E-state index in [0.29, 0.717) is 36.4 Å². The SMILES string of the molecule is COc1ccc(C2CCCCC2)c2c1cc1n2CC2=C(C(=O)NS(=O)(=O)N(C)C)C2=C2C=CC[C@@H](C(=O)N3CC4CCCNC4C3)C21. The van der Waals surface area contributed by atoms with Gasteiger partial charge >= 0.3 is 10.2 Å². The van der Waals surface area contributed by atoms with Gasteiger partial charge < -0.3 is 19.5 Å². The van der Waals surface area contributed by atoms with Crippen molar-refractivity contribution in [3.8, 4) is 5.75 Å².